The third-order valence-electron chi connectivity index (χ3n) is 8.41. The van der Waals surface area contributed by atoms with Gasteiger partial charge in [0.2, 0.25) is 5.91 Å². The number of likely N-dealkylation sites (tertiary alicyclic amines) is 1. The predicted molar refractivity (Wildman–Crippen MR) is 140 cm³/mol. The average molecular weight is 511 g/mol. The Morgan fingerprint density at radius 1 is 1.27 bits per heavy atom. The van der Waals surface area contributed by atoms with Gasteiger partial charge in [-0.2, -0.15) is 0 Å². The molecule has 3 aliphatic rings. The highest BCUT2D eigenvalue weighted by atomic mass is 16.6. The molecule has 0 saturated carbocycles. The van der Waals surface area contributed by atoms with Crippen LogP contribution in [0.4, 0.5) is 5.69 Å². The predicted octanol–water partition coefficient (Wildman–Crippen LogP) is 3.09. The lowest BCUT2D eigenvalue weighted by Crippen LogP contribution is -2.59. The van der Waals surface area contributed by atoms with Crippen LogP contribution in [-0.2, 0) is 23.9 Å². The largest absolute Gasteiger partial charge is 0.461 e. The Morgan fingerprint density at radius 2 is 1.95 bits per heavy atom. The number of aliphatic hydroxyl groups is 1. The van der Waals surface area contributed by atoms with Crippen molar-refractivity contribution < 1.29 is 29.0 Å². The summed E-state index contributed by atoms with van der Waals surface area (Å²) in [5.74, 6) is -2.89. The van der Waals surface area contributed by atoms with Crippen molar-refractivity contribution >= 4 is 23.5 Å². The van der Waals surface area contributed by atoms with E-state index in [0.717, 1.165) is 16.8 Å². The van der Waals surface area contributed by atoms with Crippen LogP contribution in [-0.4, -0.2) is 70.8 Å². The van der Waals surface area contributed by atoms with E-state index in [4.69, 9.17) is 9.47 Å². The minimum absolute atomic E-state index is 0.0271. The standard InChI is InChI=1S/C29H38N2O6/c1-7-15-30(23-18(4)11-10-12-19(23)5)26(34)24-29-14-13-28(6,37-29)22(27(35)36-16-8-2)21(29)25(33)31(24)20(9-3)17-32/h7-8,10-12,20-22,24,32H,1-2,9,13-17H2,3-6H3/t20-,21-,22+,24?,28-,29?/m0/s1. The average Bonchev–Trinajstić information content (AvgIpc) is 3.43. The molecule has 37 heavy (non-hydrogen) atoms. The molecule has 0 aliphatic carbocycles. The molecule has 8 nitrogen and oxygen atoms in total. The van der Waals surface area contributed by atoms with E-state index in [9.17, 15) is 19.5 Å². The molecule has 3 aliphatic heterocycles. The Kier molecular flexibility index (Phi) is 7.36. The number of hydrogen-bond acceptors (Lipinski definition) is 6. The summed E-state index contributed by atoms with van der Waals surface area (Å²) in [6.45, 7) is 15.0. The molecule has 1 N–H and O–H groups in total. The van der Waals surface area contributed by atoms with Gasteiger partial charge in [0.25, 0.3) is 5.91 Å². The monoisotopic (exact) mass is 510 g/mol. The van der Waals surface area contributed by atoms with E-state index in [1.807, 2.05) is 45.9 Å². The Morgan fingerprint density at radius 3 is 2.51 bits per heavy atom. The zero-order valence-electron chi connectivity index (χ0n) is 22.2. The van der Waals surface area contributed by atoms with Crippen LogP contribution < -0.4 is 4.90 Å². The first-order valence-corrected chi connectivity index (χ1v) is 13.0. The van der Waals surface area contributed by atoms with Crippen molar-refractivity contribution in [2.75, 3.05) is 24.7 Å². The molecule has 6 atom stereocenters. The lowest BCUT2D eigenvalue weighted by molar-refractivity contribution is -0.159. The van der Waals surface area contributed by atoms with Crippen LogP contribution in [0.5, 0.6) is 0 Å². The van der Waals surface area contributed by atoms with Gasteiger partial charge in [-0.3, -0.25) is 14.4 Å². The Labute approximate surface area is 218 Å². The second kappa shape index (κ2) is 10.1. The Hall–Kier alpha value is -2.97. The summed E-state index contributed by atoms with van der Waals surface area (Å²) in [7, 11) is 0. The summed E-state index contributed by atoms with van der Waals surface area (Å²) in [5.41, 5.74) is 0.482. The molecule has 3 heterocycles. The lowest BCUT2D eigenvalue weighted by Gasteiger charge is -2.39. The SMILES string of the molecule is C=CCOC(=O)[C@H]1[C@H]2C(=O)N([C@@H](CC)CO)C(C(=O)N(CC=C)c3c(C)cccc3C)C23CC[C@]1(C)O3. The number of nitrogens with zero attached hydrogens (tertiary/aromatic N) is 2. The molecule has 2 bridgehead atoms. The first-order chi connectivity index (χ1) is 17.6. The number of aliphatic hydroxyl groups excluding tert-OH is 1. The van der Waals surface area contributed by atoms with Gasteiger partial charge in [-0.1, -0.05) is 43.9 Å². The molecule has 4 rings (SSSR count). The molecular formula is C29H38N2O6. The Balaban J connectivity index is 1.86. The third kappa shape index (κ3) is 4.01. The van der Waals surface area contributed by atoms with Crippen molar-refractivity contribution in [2.24, 2.45) is 11.8 Å². The Bertz CT molecular complexity index is 1090. The van der Waals surface area contributed by atoms with E-state index in [2.05, 4.69) is 13.2 Å². The van der Waals surface area contributed by atoms with Crippen molar-refractivity contribution in [1.29, 1.82) is 0 Å². The van der Waals surface area contributed by atoms with E-state index in [0.29, 0.717) is 19.3 Å². The number of amides is 2. The van der Waals surface area contributed by atoms with Gasteiger partial charge >= 0.3 is 5.97 Å². The topological polar surface area (TPSA) is 96.4 Å². The number of anilines is 1. The number of carbonyl (C=O) groups excluding carboxylic acids is 3. The molecular weight excluding hydrogens is 472 g/mol. The molecule has 2 amide bonds. The van der Waals surface area contributed by atoms with E-state index in [1.165, 1.54) is 11.0 Å². The van der Waals surface area contributed by atoms with Crippen LogP contribution in [0.25, 0.3) is 0 Å². The second-order valence-corrected chi connectivity index (χ2v) is 10.6. The molecule has 0 aromatic heterocycles. The van der Waals surface area contributed by atoms with Gasteiger partial charge in [0, 0.05) is 12.2 Å². The smallest absolute Gasteiger partial charge is 0.313 e. The van der Waals surface area contributed by atoms with Crippen LogP contribution in [0.15, 0.2) is 43.5 Å². The van der Waals surface area contributed by atoms with Crippen LogP contribution >= 0.6 is 0 Å². The number of esters is 1. The quantitative estimate of drug-likeness (QED) is 0.384. The fraction of sp³-hybridized carbons (Fsp3) is 0.552. The maximum Gasteiger partial charge on any atom is 0.313 e. The number of benzene rings is 1. The summed E-state index contributed by atoms with van der Waals surface area (Å²) in [4.78, 5) is 45.1. The molecule has 1 aromatic rings. The zero-order valence-corrected chi connectivity index (χ0v) is 22.2. The van der Waals surface area contributed by atoms with Gasteiger partial charge in [-0.05, 0) is 51.2 Å². The van der Waals surface area contributed by atoms with E-state index < -0.39 is 41.1 Å². The molecule has 1 aromatic carbocycles. The molecule has 200 valence electrons. The minimum Gasteiger partial charge on any atom is -0.461 e. The maximum atomic E-state index is 14.6. The van der Waals surface area contributed by atoms with E-state index in [-0.39, 0.29) is 31.6 Å². The first kappa shape index (κ1) is 27.1. The molecule has 1 spiro atoms. The van der Waals surface area contributed by atoms with E-state index >= 15 is 0 Å². The molecule has 3 saturated heterocycles. The summed E-state index contributed by atoms with van der Waals surface area (Å²) < 4.78 is 12.1. The van der Waals surface area contributed by atoms with E-state index in [1.54, 1.807) is 11.0 Å². The number of rotatable bonds is 10. The second-order valence-electron chi connectivity index (χ2n) is 10.6. The molecule has 0 radical (unpaired) electrons. The summed E-state index contributed by atoms with van der Waals surface area (Å²) in [6, 6.07) is 4.23. The summed E-state index contributed by atoms with van der Waals surface area (Å²) >= 11 is 0. The van der Waals surface area contributed by atoms with Crippen molar-refractivity contribution in [1.82, 2.24) is 4.90 Å². The highest BCUT2D eigenvalue weighted by molar-refractivity contribution is 6.05. The van der Waals surface area contributed by atoms with Crippen molar-refractivity contribution in [3.05, 3.63) is 54.6 Å². The summed E-state index contributed by atoms with van der Waals surface area (Å²) in [6.07, 6.45) is 4.56. The fourth-order valence-corrected chi connectivity index (χ4v) is 6.84. The summed E-state index contributed by atoms with van der Waals surface area (Å²) in [5, 5.41) is 10.2. The van der Waals surface area contributed by atoms with Gasteiger partial charge < -0.3 is 24.4 Å². The van der Waals surface area contributed by atoms with Crippen LogP contribution in [0, 0.1) is 25.7 Å². The first-order valence-electron chi connectivity index (χ1n) is 13.0. The lowest BCUT2D eigenvalue weighted by atomic mass is 9.66. The minimum atomic E-state index is -1.20. The van der Waals surface area contributed by atoms with Gasteiger partial charge in [0.1, 0.15) is 24.2 Å². The highest BCUT2D eigenvalue weighted by Gasteiger charge is 2.79. The number of hydrogen-bond donors (Lipinski definition) is 1. The van der Waals surface area contributed by atoms with Crippen LogP contribution in [0.3, 0.4) is 0 Å². The molecule has 8 heteroatoms. The fourth-order valence-electron chi connectivity index (χ4n) is 6.84. The highest BCUT2D eigenvalue weighted by Crippen LogP contribution is 2.64. The van der Waals surface area contributed by atoms with Crippen LogP contribution in [0.2, 0.25) is 0 Å². The number of ether oxygens (including phenoxy) is 2. The third-order valence-corrected chi connectivity index (χ3v) is 8.41. The van der Waals surface area contributed by atoms with Crippen LogP contribution in [0.1, 0.15) is 44.2 Å². The molecule has 2 unspecified atom stereocenters. The van der Waals surface area contributed by atoms with Crippen molar-refractivity contribution in [3.8, 4) is 0 Å². The number of fused-ring (bicyclic) bond motifs is 1. The molecule has 3 fully saturated rings. The van der Waals surface area contributed by atoms with Crippen molar-refractivity contribution in [3.63, 3.8) is 0 Å². The van der Waals surface area contributed by atoms with Gasteiger partial charge in [0.15, 0.2) is 0 Å². The van der Waals surface area contributed by atoms with Gasteiger partial charge in [0.05, 0.1) is 24.2 Å². The van der Waals surface area contributed by atoms with Gasteiger partial charge in [-0.15, -0.1) is 6.58 Å². The maximum absolute atomic E-state index is 14.6. The number of para-hydroxylation sites is 1. The number of aryl methyl sites for hydroxylation is 2. The van der Waals surface area contributed by atoms with Crippen molar-refractivity contribution in [2.45, 2.75) is 70.2 Å². The normalized spacial score (nSPS) is 30.7. The number of carbonyl (C=O) groups is 3. The zero-order chi connectivity index (χ0) is 27.1. The van der Waals surface area contributed by atoms with Gasteiger partial charge in [-0.25, -0.2) is 0 Å².